The molecule has 0 aliphatic rings. The smallest absolute Gasteiger partial charge is 0.280 e. The number of hydrazone groups is 1. The van der Waals surface area contributed by atoms with Crippen molar-refractivity contribution in [2.45, 2.75) is 13.0 Å². The molecule has 3 rings (SSSR count). The summed E-state index contributed by atoms with van der Waals surface area (Å²) in [5.74, 6) is 0.171. The Kier molecular flexibility index (Phi) is 5.23. The summed E-state index contributed by atoms with van der Waals surface area (Å²) in [6.45, 7) is 1.62. The lowest BCUT2D eigenvalue weighted by Crippen LogP contribution is -2.33. The largest absolute Gasteiger partial charge is 0.481 e. The lowest BCUT2D eigenvalue weighted by Gasteiger charge is -2.13. The summed E-state index contributed by atoms with van der Waals surface area (Å²) in [5, 5.41) is 18.0. The van der Waals surface area contributed by atoms with E-state index in [0.29, 0.717) is 10.6 Å². The number of carbonyl (C=O) groups excluding carboxylic acids is 1. The van der Waals surface area contributed by atoms with Crippen LogP contribution in [0.15, 0.2) is 59.0 Å². The highest BCUT2D eigenvalue weighted by molar-refractivity contribution is 7.12. The van der Waals surface area contributed by atoms with Crippen molar-refractivity contribution in [3.63, 3.8) is 0 Å². The Morgan fingerprint density at radius 1 is 1.27 bits per heavy atom. The van der Waals surface area contributed by atoms with Gasteiger partial charge in [0.2, 0.25) is 0 Å². The van der Waals surface area contributed by atoms with Gasteiger partial charge in [0.1, 0.15) is 5.75 Å². The van der Waals surface area contributed by atoms with Gasteiger partial charge in [0.25, 0.3) is 11.6 Å². The third-order valence-electron chi connectivity index (χ3n) is 3.59. The van der Waals surface area contributed by atoms with Crippen molar-refractivity contribution in [1.82, 2.24) is 5.43 Å². The molecule has 1 unspecified atom stereocenters. The number of thiophene rings is 1. The van der Waals surface area contributed by atoms with Crippen LogP contribution < -0.4 is 10.2 Å². The first-order chi connectivity index (χ1) is 12.5. The highest BCUT2D eigenvalue weighted by atomic mass is 32.1. The fourth-order valence-corrected chi connectivity index (χ4v) is 2.97. The third kappa shape index (κ3) is 4.22. The predicted molar refractivity (Wildman–Crippen MR) is 101 cm³/mol. The SMILES string of the molecule is CC(Oc1ccc2ccccc2c1)C(=O)N/N=C/c1cc([N+](=O)[O-])cs1. The second-order valence-corrected chi connectivity index (χ2v) is 6.41. The quantitative estimate of drug-likeness (QED) is 0.407. The standard InChI is InChI=1S/C18H15N3O4S/c1-12(25-16-7-6-13-4-2-3-5-14(13)8-16)18(22)20-19-10-17-9-15(11-26-17)21(23)24/h2-12H,1H3,(H,20,22)/b19-10+. The average Bonchev–Trinajstić information content (AvgIpc) is 3.10. The van der Waals surface area contributed by atoms with E-state index in [9.17, 15) is 14.9 Å². The first-order valence-electron chi connectivity index (χ1n) is 7.74. The minimum Gasteiger partial charge on any atom is -0.481 e. The van der Waals surface area contributed by atoms with E-state index in [4.69, 9.17) is 4.74 Å². The Morgan fingerprint density at radius 3 is 2.77 bits per heavy atom. The molecule has 1 aromatic heterocycles. The molecule has 1 heterocycles. The Bertz CT molecular complexity index is 983. The molecule has 0 bridgehead atoms. The number of nitrogens with zero attached hydrogens (tertiary/aromatic N) is 2. The molecule has 1 amide bonds. The summed E-state index contributed by atoms with van der Waals surface area (Å²) >= 11 is 1.17. The number of hydrogen-bond donors (Lipinski definition) is 1. The monoisotopic (exact) mass is 369 g/mol. The number of fused-ring (bicyclic) bond motifs is 1. The van der Waals surface area contributed by atoms with Crippen LogP contribution in [0.2, 0.25) is 0 Å². The first-order valence-corrected chi connectivity index (χ1v) is 8.62. The zero-order valence-corrected chi connectivity index (χ0v) is 14.6. The first kappa shape index (κ1) is 17.6. The van der Waals surface area contributed by atoms with Crippen molar-refractivity contribution in [2.24, 2.45) is 5.10 Å². The maximum Gasteiger partial charge on any atom is 0.280 e. The van der Waals surface area contributed by atoms with Gasteiger partial charge in [0.05, 0.1) is 21.4 Å². The molecule has 0 aliphatic carbocycles. The summed E-state index contributed by atoms with van der Waals surface area (Å²) < 4.78 is 5.65. The van der Waals surface area contributed by atoms with Crippen LogP contribution in [0.1, 0.15) is 11.8 Å². The molecule has 8 heteroatoms. The minimum absolute atomic E-state index is 0.00391. The number of amides is 1. The molecule has 1 N–H and O–H groups in total. The Labute approximate surface area is 153 Å². The highest BCUT2D eigenvalue weighted by Crippen LogP contribution is 2.21. The van der Waals surface area contributed by atoms with Crippen LogP contribution in [-0.4, -0.2) is 23.1 Å². The van der Waals surface area contributed by atoms with Crippen LogP contribution in [0.25, 0.3) is 10.8 Å². The fraction of sp³-hybridized carbons (Fsp3) is 0.111. The second-order valence-electron chi connectivity index (χ2n) is 5.47. The molecule has 7 nitrogen and oxygen atoms in total. The molecule has 3 aromatic rings. The molecule has 0 fully saturated rings. The van der Waals surface area contributed by atoms with Crippen molar-refractivity contribution >= 4 is 39.9 Å². The molecule has 132 valence electrons. The second kappa shape index (κ2) is 7.75. The number of hydrogen-bond acceptors (Lipinski definition) is 6. The van der Waals surface area contributed by atoms with Gasteiger partial charge in [-0.3, -0.25) is 14.9 Å². The molecule has 1 atom stereocenters. The lowest BCUT2D eigenvalue weighted by molar-refractivity contribution is -0.384. The van der Waals surface area contributed by atoms with E-state index in [1.54, 1.807) is 13.0 Å². The number of nitrogens with one attached hydrogen (secondary N) is 1. The lowest BCUT2D eigenvalue weighted by atomic mass is 10.1. The molecule has 0 aliphatic heterocycles. The van der Waals surface area contributed by atoms with Gasteiger partial charge in [0.15, 0.2) is 6.10 Å². The Balaban J connectivity index is 1.58. The van der Waals surface area contributed by atoms with E-state index in [1.807, 2.05) is 36.4 Å². The van der Waals surface area contributed by atoms with Crippen LogP contribution in [0, 0.1) is 10.1 Å². The van der Waals surface area contributed by atoms with Crippen molar-refractivity contribution in [3.8, 4) is 5.75 Å². The van der Waals surface area contributed by atoms with Crippen LogP contribution in [0.3, 0.4) is 0 Å². The number of rotatable bonds is 6. The maximum absolute atomic E-state index is 12.1. The minimum atomic E-state index is -0.744. The average molecular weight is 369 g/mol. The summed E-state index contributed by atoms with van der Waals surface area (Å²) in [4.78, 5) is 22.8. The predicted octanol–water partition coefficient (Wildman–Crippen LogP) is 3.73. The summed E-state index contributed by atoms with van der Waals surface area (Å²) in [6, 6.07) is 14.8. The van der Waals surface area contributed by atoms with Gasteiger partial charge in [-0.2, -0.15) is 5.10 Å². The fourth-order valence-electron chi connectivity index (χ4n) is 2.25. The van der Waals surface area contributed by atoms with Gasteiger partial charge >= 0.3 is 0 Å². The molecule has 0 saturated heterocycles. The van der Waals surface area contributed by atoms with E-state index in [1.165, 1.54) is 29.0 Å². The highest BCUT2D eigenvalue weighted by Gasteiger charge is 2.14. The van der Waals surface area contributed by atoms with E-state index in [2.05, 4.69) is 10.5 Å². The summed E-state index contributed by atoms with van der Waals surface area (Å²) in [6.07, 6.45) is 0.615. The van der Waals surface area contributed by atoms with Gasteiger partial charge < -0.3 is 4.74 Å². The van der Waals surface area contributed by atoms with Gasteiger partial charge in [-0.15, -0.1) is 11.3 Å². The van der Waals surface area contributed by atoms with E-state index in [-0.39, 0.29) is 5.69 Å². The van der Waals surface area contributed by atoms with Gasteiger partial charge in [-0.05, 0) is 29.8 Å². The van der Waals surface area contributed by atoms with Crippen molar-refractivity contribution in [2.75, 3.05) is 0 Å². The normalized spacial score (nSPS) is 12.2. The topological polar surface area (TPSA) is 93.8 Å². The zero-order chi connectivity index (χ0) is 18.5. The Morgan fingerprint density at radius 2 is 2.04 bits per heavy atom. The van der Waals surface area contributed by atoms with E-state index >= 15 is 0 Å². The van der Waals surface area contributed by atoms with Gasteiger partial charge in [0, 0.05) is 6.07 Å². The zero-order valence-electron chi connectivity index (χ0n) is 13.8. The van der Waals surface area contributed by atoms with E-state index in [0.717, 1.165) is 10.8 Å². The van der Waals surface area contributed by atoms with Crippen molar-refractivity contribution in [3.05, 3.63) is 68.9 Å². The molecule has 0 radical (unpaired) electrons. The third-order valence-corrected chi connectivity index (χ3v) is 4.44. The van der Waals surface area contributed by atoms with Crippen molar-refractivity contribution < 1.29 is 14.5 Å². The van der Waals surface area contributed by atoms with Gasteiger partial charge in [-0.1, -0.05) is 30.3 Å². The van der Waals surface area contributed by atoms with Crippen LogP contribution in [-0.2, 0) is 4.79 Å². The van der Waals surface area contributed by atoms with Gasteiger partial charge in [-0.25, -0.2) is 5.43 Å². The number of ether oxygens (including phenoxy) is 1. The molecule has 2 aromatic carbocycles. The number of nitro groups is 1. The molecule has 0 spiro atoms. The molecule has 26 heavy (non-hydrogen) atoms. The van der Waals surface area contributed by atoms with Crippen LogP contribution in [0.4, 0.5) is 5.69 Å². The Hall–Kier alpha value is -3.26. The van der Waals surface area contributed by atoms with E-state index < -0.39 is 16.9 Å². The van der Waals surface area contributed by atoms with Crippen LogP contribution >= 0.6 is 11.3 Å². The summed E-state index contributed by atoms with van der Waals surface area (Å²) in [7, 11) is 0. The molecule has 0 saturated carbocycles. The summed E-state index contributed by atoms with van der Waals surface area (Å²) in [5.41, 5.74) is 2.37. The number of carbonyl (C=O) groups is 1. The van der Waals surface area contributed by atoms with Crippen molar-refractivity contribution in [1.29, 1.82) is 0 Å². The van der Waals surface area contributed by atoms with Crippen LogP contribution in [0.5, 0.6) is 5.75 Å². The maximum atomic E-state index is 12.1. The number of benzene rings is 2. The molecular formula is C18H15N3O4S. The molecular weight excluding hydrogens is 354 g/mol.